The molecule has 1 fully saturated rings. The van der Waals surface area contributed by atoms with Crippen molar-refractivity contribution in [3.63, 3.8) is 0 Å². The molecule has 1 aromatic rings. The minimum atomic E-state index is 0.00315. The maximum Gasteiger partial charge on any atom is 0.253 e. The molecule has 2 N–H and O–H groups in total. The first-order valence-electron chi connectivity index (χ1n) is 6.26. The zero-order valence-corrected chi connectivity index (χ0v) is 10.7. The fraction of sp³-hybridized carbons (Fsp3) is 0.462. The van der Waals surface area contributed by atoms with Crippen LogP contribution in [0.3, 0.4) is 0 Å². The molecule has 1 saturated heterocycles. The maximum atomic E-state index is 11.7. The number of para-hydroxylation sites is 1. The molecule has 98 valence electrons. The van der Waals surface area contributed by atoms with Gasteiger partial charge in [0.15, 0.2) is 0 Å². The number of anilines is 1. The summed E-state index contributed by atoms with van der Waals surface area (Å²) in [5.41, 5.74) is 3.88. The quantitative estimate of drug-likeness (QED) is 0.808. The number of rotatable bonds is 4. The lowest BCUT2D eigenvalue weighted by atomic mass is 10.3. The molecule has 1 amide bonds. The number of carbonyl (C=O) groups excluding carboxylic acids is 1. The summed E-state index contributed by atoms with van der Waals surface area (Å²) in [5, 5.41) is 5.07. The van der Waals surface area contributed by atoms with Crippen LogP contribution in [0.5, 0.6) is 0 Å². The number of piperazine rings is 1. The molecule has 0 atom stereocenters. The summed E-state index contributed by atoms with van der Waals surface area (Å²) in [6, 6.07) is 9.74. The van der Waals surface area contributed by atoms with Crippen molar-refractivity contribution in [3.05, 3.63) is 30.3 Å². The highest BCUT2D eigenvalue weighted by atomic mass is 16.2. The Morgan fingerprint density at radius 3 is 2.50 bits per heavy atom. The zero-order chi connectivity index (χ0) is 12.8. The van der Waals surface area contributed by atoms with Crippen LogP contribution >= 0.6 is 0 Å². The summed E-state index contributed by atoms with van der Waals surface area (Å²) in [4.78, 5) is 14.0. The van der Waals surface area contributed by atoms with Gasteiger partial charge in [-0.3, -0.25) is 10.2 Å². The average molecular weight is 248 g/mol. The molecule has 1 aromatic carbocycles. The van der Waals surface area contributed by atoms with Gasteiger partial charge in [0.25, 0.3) is 5.91 Å². The van der Waals surface area contributed by atoms with E-state index in [1.54, 1.807) is 0 Å². The first-order chi connectivity index (χ1) is 8.74. The normalized spacial score (nSPS) is 17.4. The Kier molecular flexibility index (Phi) is 4.55. The van der Waals surface area contributed by atoms with Gasteiger partial charge in [-0.05, 0) is 19.2 Å². The number of carbonyl (C=O) groups is 1. The van der Waals surface area contributed by atoms with Crippen LogP contribution in [-0.4, -0.2) is 55.6 Å². The van der Waals surface area contributed by atoms with Gasteiger partial charge in [0, 0.05) is 31.9 Å². The van der Waals surface area contributed by atoms with E-state index in [4.69, 9.17) is 0 Å². The Morgan fingerprint density at radius 1 is 1.17 bits per heavy atom. The second-order valence-electron chi connectivity index (χ2n) is 4.54. The minimum absolute atomic E-state index is 0.00315. The molecule has 0 spiro atoms. The molecule has 5 heteroatoms. The molecule has 2 rings (SSSR count). The summed E-state index contributed by atoms with van der Waals surface area (Å²) >= 11 is 0. The number of nitrogens with one attached hydrogen (secondary N) is 2. The number of benzene rings is 1. The largest absolute Gasteiger partial charge is 0.376 e. The maximum absolute atomic E-state index is 11.7. The predicted octanol–water partition coefficient (Wildman–Crippen LogP) is 0.377. The molecule has 5 nitrogen and oxygen atoms in total. The summed E-state index contributed by atoms with van der Waals surface area (Å²) in [7, 11) is 2.09. The monoisotopic (exact) mass is 248 g/mol. The molecular formula is C13H20N4O. The van der Waals surface area contributed by atoms with E-state index in [-0.39, 0.29) is 5.91 Å². The van der Waals surface area contributed by atoms with Crippen molar-refractivity contribution in [2.45, 2.75) is 0 Å². The highest BCUT2D eigenvalue weighted by Gasteiger charge is 2.15. The van der Waals surface area contributed by atoms with Crippen molar-refractivity contribution in [2.24, 2.45) is 0 Å². The van der Waals surface area contributed by atoms with Crippen molar-refractivity contribution in [2.75, 3.05) is 45.1 Å². The van der Waals surface area contributed by atoms with E-state index in [0.717, 1.165) is 31.9 Å². The third-order valence-electron chi connectivity index (χ3n) is 3.01. The molecule has 0 bridgehead atoms. The summed E-state index contributed by atoms with van der Waals surface area (Å²) < 4.78 is 0. The highest BCUT2D eigenvalue weighted by Crippen LogP contribution is 2.03. The Labute approximate surface area is 108 Å². The number of hydrogen-bond donors (Lipinski definition) is 2. The van der Waals surface area contributed by atoms with Gasteiger partial charge in [0.2, 0.25) is 0 Å². The summed E-state index contributed by atoms with van der Waals surface area (Å²) in [6.07, 6.45) is 0. The molecule has 0 aliphatic carbocycles. The van der Waals surface area contributed by atoms with Crippen LogP contribution in [0.15, 0.2) is 30.3 Å². The van der Waals surface area contributed by atoms with E-state index < -0.39 is 0 Å². The van der Waals surface area contributed by atoms with E-state index >= 15 is 0 Å². The smallest absolute Gasteiger partial charge is 0.253 e. The van der Waals surface area contributed by atoms with Crippen LogP contribution in [-0.2, 0) is 4.79 Å². The van der Waals surface area contributed by atoms with Crippen LogP contribution in [0.25, 0.3) is 0 Å². The van der Waals surface area contributed by atoms with Crippen LogP contribution in [0.1, 0.15) is 0 Å². The molecule has 18 heavy (non-hydrogen) atoms. The van der Waals surface area contributed by atoms with Gasteiger partial charge in [0.1, 0.15) is 0 Å². The minimum Gasteiger partial charge on any atom is -0.376 e. The third-order valence-corrected chi connectivity index (χ3v) is 3.01. The molecule has 0 unspecified atom stereocenters. The molecule has 1 aliphatic rings. The number of hydrogen-bond acceptors (Lipinski definition) is 4. The Balaban J connectivity index is 1.69. The van der Waals surface area contributed by atoms with Crippen LogP contribution in [0, 0.1) is 0 Å². The van der Waals surface area contributed by atoms with Gasteiger partial charge < -0.3 is 10.2 Å². The van der Waals surface area contributed by atoms with Gasteiger partial charge in [-0.2, -0.15) is 0 Å². The number of hydrazine groups is 1. The molecule has 0 aromatic heterocycles. The van der Waals surface area contributed by atoms with E-state index in [9.17, 15) is 4.79 Å². The predicted molar refractivity (Wildman–Crippen MR) is 72.1 cm³/mol. The van der Waals surface area contributed by atoms with E-state index in [1.807, 2.05) is 35.3 Å². The number of likely N-dealkylation sites (N-methyl/N-ethyl adjacent to an activating group) is 1. The van der Waals surface area contributed by atoms with Crippen molar-refractivity contribution in [3.8, 4) is 0 Å². The molecular weight excluding hydrogens is 228 g/mol. The second-order valence-corrected chi connectivity index (χ2v) is 4.54. The summed E-state index contributed by atoms with van der Waals surface area (Å²) in [6.45, 7) is 4.05. The standard InChI is InChI=1S/C13H20N4O/c1-16-7-9-17(10-8-16)15-13(18)11-14-12-5-3-2-4-6-12/h2-6,14H,7-11H2,1H3,(H,15,18). The lowest BCUT2D eigenvalue weighted by Gasteiger charge is -2.32. The van der Waals surface area contributed by atoms with Crippen molar-refractivity contribution in [1.29, 1.82) is 0 Å². The van der Waals surface area contributed by atoms with Crippen LogP contribution in [0.4, 0.5) is 5.69 Å². The Hall–Kier alpha value is -1.59. The van der Waals surface area contributed by atoms with Gasteiger partial charge in [0.05, 0.1) is 6.54 Å². The average Bonchev–Trinajstić information content (AvgIpc) is 2.40. The van der Waals surface area contributed by atoms with Gasteiger partial charge >= 0.3 is 0 Å². The zero-order valence-electron chi connectivity index (χ0n) is 10.7. The SMILES string of the molecule is CN1CCN(NC(=O)CNc2ccccc2)CC1. The fourth-order valence-electron chi connectivity index (χ4n) is 1.87. The van der Waals surface area contributed by atoms with E-state index in [1.165, 1.54) is 0 Å². The van der Waals surface area contributed by atoms with E-state index in [0.29, 0.717) is 6.54 Å². The van der Waals surface area contributed by atoms with Crippen molar-refractivity contribution in [1.82, 2.24) is 15.3 Å². The fourth-order valence-corrected chi connectivity index (χ4v) is 1.87. The number of amides is 1. The first-order valence-corrected chi connectivity index (χ1v) is 6.26. The number of nitrogens with zero attached hydrogens (tertiary/aromatic N) is 2. The van der Waals surface area contributed by atoms with Gasteiger partial charge in [-0.25, -0.2) is 5.01 Å². The topological polar surface area (TPSA) is 47.6 Å². The highest BCUT2D eigenvalue weighted by molar-refractivity contribution is 5.80. The Bertz CT molecular complexity index is 374. The molecule has 1 heterocycles. The Morgan fingerprint density at radius 2 is 1.83 bits per heavy atom. The molecule has 0 saturated carbocycles. The molecule has 0 radical (unpaired) electrons. The van der Waals surface area contributed by atoms with Gasteiger partial charge in [-0.15, -0.1) is 0 Å². The van der Waals surface area contributed by atoms with Gasteiger partial charge in [-0.1, -0.05) is 18.2 Å². The molecule has 1 aliphatic heterocycles. The van der Waals surface area contributed by atoms with Crippen molar-refractivity contribution >= 4 is 11.6 Å². The summed E-state index contributed by atoms with van der Waals surface area (Å²) in [5.74, 6) is 0.00315. The second kappa shape index (κ2) is 6.37. The lowest BCUT2D eigenvalue weighted by Crippen LogP contribution is -2.53. The van der Waals surface area contributed by atoms with Crippen LogP contribution < -0.4 is 10.7 Å². The lowest BCUT2D eigenvalue weighted by molar-refractivity contribution is -0.124. The van der Waals surface area contributed by atoms with Crippen molar-refractivity contribution < 1.29 is 4.79 Å². The van der Waals surface area contributed by atoms with E-state index in [2.05, 4.69) is 22.7 Å². The van der Waals surface area contributed by atoms with Crippen LogP contribution in [0.2, 0.25) is 0 Å². The third kappa shape index (κ3) is 4.01. The first kappa shape index (κ1) is 12.9.